The van der Waals surface area contributed by atoms with Gasteiger partial charge in [0.05, 0.1) is 4.92 Å². The van der Waals surface area contributed by atoms with Gasteiger partial charge in [0.2, 0.25) is 0 Å². The largest absolute Gasteiger partial charge is 0.396 e. The molecule has 0 heterocycles. The zero-order valence-corrected chi connectivity index (χ0v) is 8.14. The van der Waals surface area contributed by atoms with Gasteiger partial charge in [0, 0.05) is 30.7 Å². The van der Waals surface area contributed by atoms with Gasteiger partial charge in [-0.05, 0) is 12.5 Å². The van der Waals surface area contributed by atoms with Crippen LogP contribution in [0.2, 0.25) is 0 Å². The first kappa shape index (κ1) is 11.2. The van der Waals surface area contributed by atoms with Crippen LogP contribution < -0.4 is 0 Å². The molecule has 0 radical (unpaired) electrons. The SMILES string of the molecule is O=[N+]([O-])c1cccc(C#CCCCO)c1. The lowest BCUT2D eigenvalue weighted by molar-refractivity contribution is -0.384. The van der Waals surface area contributed by atoms with Gasteiger partial charge >= 0.3 is 0 Å². The minimum Gasteiger partial charge on any atom is -0.396 e. The Morgan fingerprint density at radius 3 is 2.93 bits per heavy atom. The molecule has 0 fully saturated rings. The first-order valence-corrected chi connectivity index (χ1v) is 4.58. The van der Waals surface area contributed by atoms with Crippen molar-refractivity contribution < 1.29 is 10.0 Å². The van der Waals surface area contributed by atoms with E-state index in [0.29, 0.717) is 18.4 Å². The van der Waals surface area contributed by atoms with E-state index in [1.165, 1.54) is 12.1 Å². The summed E-state index contributed by atoms with van der Waals surface area (Å²) in [5.41, 5.74) is 0.672. The Balaban J connectivity index is 2.72. The van der Waals surface area contributed by atoms with Crippen LogP contribution in [0.5, 0.6) is 0 Å². The number of rotatable bonds is 3. The van der Waals surface area contributed by atoms with Crippen molar-refractivity contribution in [2.24, 2.45) is 0 Å². The zero-order chi connectivity index (χ0) is 11.1. The maximum atomic E-state index is 10.5. The number of nitrogens with zero attached hydrogens (tertiary/aromatic N) is 1. The first-order valence-electron chi connectivity index (χ1n) is 4.58. The second kappa shape index (κ2) is 5.78. The molecule has 0 saturated heterocycles. The fourth-order valence-corrected chi connectivity index (χ4v) is 1.03. The molecule has 1 aromatic carbocycles. The van der Waals surface area contributed by atoms with Crippen LogP contribution in [0.15, 0.2) is 24.3 Å². The zero-order valence-electron chi connectivity index (χ0n) is 8.14. The minimum atomic E-state index is -0.446. The molecule has 0 unspecified atom stereocenters. The molecule has 0 saturated carbocycles. The summed E-state index contributed by atoms with van der Waals surface area (Å²) in [5.74, 6) is 5.65. The van der Waals surface area contributed by atoms with Gasteiger partial charge in [-0.25, -0.2) is 0 Å². The highest BCUT2D eigenvalue weighted by atomic mass is 16.6. The molecule has 15 heavy (non-hydrogen) atoms. The third kappa shape index (κ3) is 3.79. The van der Waals surface area contributed by atoms with Crippen LogP contribution in [-0.4, -0.2) is 16.6 Å². The molecule has 0 aliphatic rings. The van der Waals surface area contributed by atoms with Crippen LogP contribution in [0, 0.1) is 22.0 Å². The summed E-state index contributed by atoms with van der Waals surface area (Å²) >= 11 is 0. The molecule has 0 aliphatic heterocycles. The molecule has 1 aromatic rings. The number of benzene rings is 1. The Morgan fingerprint density at radius 1 is 1.47 bits per heavy atom. The third-order valence-electron chi connectivity index (χ3n) is 1.75. The Morgan fingerprint density at radius 2 is 2.27 bits per heavy atom. The van der Waals surface area contributed by atoms with Gasteiger partial charge in [0.25, 0.3) is 5.69 Å². The second-order valence-electron chi connectivity index (χ2n) is 2.94. The van der Waals surface area contributed by atoms with E-state index < -0.39 is 4.92 Å². The lowest BCUT2D eigenvalue weighted by atomic mass is 10.2. The summed E-state index contributed by atoms with van der Waals surface area (Å²) in [7, 11) is 0. The van der Waals surface area contributed by atoms with E-state index in [1.54, 1.807) is 12.1 Å². The topological polar surface area (TPSA) is 63.4 Å². The van der Waals surface area contributed by atoms with Crippen LogP contribution in [-0.2, 0) is 0 Å². The standard InChI is InChI=1S/C11H11NO3/c13-8-3-1-2-5-10-6-4-7-11(9-10)12(14)15/h4,6-7,9,13H,1,3,8H2. The van der Waals surface area contributed by atoms with Crippen LogP contribution >= 0.6 is 0 Å². The Labute approximate surface area is 87.7 Å². The molecule has 0 amide bonds. The van der Waals surface area contributed by atoms with E-state index in [0.717, 1.165) is 0 Å². The number of nitro benzene ring substituents is 1. The van der Waals surface area contributed by atoms with Crippen molar-refractivity contribution >= 4 is 5.69 Å². The lowest BCUT2D eigenvalue weighted by Crippen LogP contribution is -1.87. The van der Waals surface area contributed by atoms with Crippen molar-refractivity contribution in [2.45, 2.75) is 12.8 Å². The number of hydrogen-bond donors (Lipinski definition) is 1. The molecule has 1 N–H and O–H groups in total. The number of aliphatic hydroxyl groups excluding tert-OH is 1. The molecule has 0 aromatic heterocycles. The summed E-state index contributed by atoms with van der Waals surface area (Å²) in [6.45, 7) is 0.115. The number of non-ortho nitro benzene ring substituents is 1. The average Bonchev–Trinajstić information content (AvgIpc) is 2.25. The van der Waals surface area contributed by atoms with E-state index >= 15 is 0 Å². The molecule has 0 spiro atoms. The highest BCUT2D eigenvalue weighted by Crippen LogP contribution is 2.11. The lowest BCUT2D eigenvalue weighted by Gasteiger charge is -1.91. The van der Waals surface area contributed by atoms with Crippen molar-refractivity contribution in [1.29, 1.82) is 0 Å². The monoisotopic (exact) mass is 205 g/mol. The van der Waals surface area contributed by atoms with Gasteiger partial charge < -0.3 is 5.11 Å². The summed E-state index contributed by atoms with van der Waals surface area (Å²) in [4.78, 5) is 10.0. The molecule has 4 nitrogen and oxygen atoms in total. The molecular formula is C11H11NO3. The van der Waals surface area contributed by atoms with E-state index in [4.69, 9.17) is 5.11 Å². The fourth-order valence-electron chi connectivity index (χ4n) is 1.03. The number of nitro groups is 1. The van der Waals surface area contributed by atoms with Crippen LogP contribution in [0.3, 0.4) is 0 Å². The fraction of sp³-hybridized carbons (Fsp3) is 0.273. The molecule has 0 aliphatic carbocycles. The van der Waals surface area contributed by atoms with Gasteiger partial charge in [0.15, 0.2) is 0 Å². The van der Waals surface area contributed by atoms with E-state index in [9.17, 15) is 10.1 Å². The normalized spacial score (nSPS) is 9.13. The minimum absolute atomic E-state index is 0.0453. The van der Waals surface area contributed by atoms with Crippen molar-refractivity contribution in [3.05, 3.63) is 39.9 Å². The summed E-state index contributed by atoms with van der Waals surface area (Å²) in [6, 6.07) is 6.19. The second-order valence-corrected chi connectivity index (χ2v) is 2.94. The predicted octanol–water partition coefficient (Wildman–Crippen LogP) is 1.72. The maximum absolute atomic E-state index is 10.5. The van der Waals surface area contributed by atoms with Crippen LogP contribution in [0.1, 0.15) is 18.4 Å². The number of hydrogen-bond acceptors (Lipinski definition) is 3. The highest BCUT2D eigenvalue weighted by Gasteiger charge is 2.03. The van der Waals surface area contributed by atoms with E-state index in [2.05, 4.69) is 11.8 Å². The Hall–Kier alpha value is -1.86. The number of unbranched alkanes of at least 4 members (excludes halogenated alkanes) is 1. The van der Waals surface area contributed by atoms with Gasteiger partial charge in [0.1, 0.15) is 0 Å². The maximum Gasteiger partial charge on any atom is 0.270 e. The smallest absolute Gasteiger partial charge is 0.270 e. The summed E-state index contributed by atoms with van der Waals surface area (Å²) in [5, 5.41) is 19.0. The molecule has 0 bridgehead atoms. The van der Waals surface area contributed by atoms with E-state index in [1.807, 2.05) is 0 Å². The highest BCUT2D eigenvalue weighted by molar-refractivity contribution is 5.42. The van der Waals surface area contributed by atoms with Crippen LogP contribution in [0.4, 0.5) is 5.69 Å². The first-order chi connectivity index (χ1) is 7.24. The predicted molar refractivity (Wildman–Crippen MR) is 56.3 cm³/mol. The van der Waals surface area contributed by atoms with Gasteiger partial charge in [-0.15, -0.1) is 0 Å². The molecule has 0 atom stereocenters. The average molecular weight is 205 g/mol. The quantitative estimate of drug-likeness (QED) is 0.353. The molecular weight excluding hydrogens is 194 g/mol. The van der Waals surface area contributed by atoms with Gasteiger partial charge in [-0.1, -0.05) is 17.9 Å². The van der Waals surface area contributed by atoms with E-state index in [-0.39, 0.29) is 12.3 Å². The Kier molecular flexibility index (Phi) is 4.32. The van der Waals surface area contributed by atoms with Gasteiger partial charge in [-0.3, -0.25) is 10.1 Å². The van der Waals surface area contributed by atoms with Crippen molar-refractivity contribution in [3.63, 3.8) is 0 Å². The number of aliphatic hydroxyl groups is 1. The molecule has 4 heteroatoms. The van der Waals surface area contributed by atoms with Crippen LogP contribution in [0.25, 0.3) is 0 Å². The van der Waals surface area contributed by atoms with Gasteiger partial charge in [-0.2, -0.15) is 0 Å². The molecule has 1 rings (SSSR count). The third-order valence-corrected chi connectivity index (χ3v) is 1.75. The summed E-state index contributed by atoms with van der Waals surface area (Å²) in [6.07, 6.45) is 1.22. The summed E-state index contributed by atoms with van der Waals surface area (Å²) < 4.78 is 0. The van der Waals surface area contributed by atoms with Crippen molar-refractivity contribution in [2.75, 3.05) is 6.61 Å². The Bertz CT molecular complexity index is 404. The van der Waals surface area contributed by atoms with Crippen molar-refractivity contribution in [1.82, 2.24) is 0 Å². The molecule has 78 valence electrons. The van der Waals surface area contributed by atoms with Crippen molar-refractivity contribution in [3.8, 4) is 11.8 Å².